The summed E-state index contributed by atoms with van der Waals surface area (Å²) < 4.78 is 0. The highest BCUT2D eigenvalue weighted by Gasteiger charge is 2.51. The van der Waals surface area contributed by atoms with E-state index in [0.717, 1.165) is 5.92 Å². The molecule has 2 unspecified atom stereocenters. The molecule has 0 amide bonds. The van der Waals surface area contributed by atoms with Gasteiger partial charge in [0.15, 0.2) is 0 Å². The lowest BCUT2D eigenvalue weighted by atomic mass is 9.80. The van der Waals surface area contributed by atoms with Crippen LogP contribution in [0.3, 0.4) is 0 Å². The van der Waals surface area contributed by atoms with Gasteiger partial charge in [-0.15, -0.1) is 0 Å². The third kappa shape index (κ3) is 1.63. The summed E-state index contributed by atoms with van der Waals surface area (Å²) in [4.78, 5) is 0. The molecule has 2 aliphatic carbocycles. The molecule has 1 saturated carbocycles. The molecular weight excluding hydrogens is 170 g/mol. The van der Waals surface area contributed by atoms with Gasteiger partial charge in [0.2, 0.25) is 0 Å². The maximum absolute atomic E-state index is 5.99. The van der Waals surface area contributed by atoms with Crippen LogP contribution in [0.25, 0.3) is 0 Å². The molecule has 2 aliphatic rings. The highest BCUT2D eigenvalue weighted by atomic mass is 14.8. The maximum Gasteiger partial charge on any atom is 0.0105 e. The van der Waals surface area contributed by atoms with Crippen molar-refractivity contribution in [2.45, 2.75) is 58.4 Å². The summed E-state index contributed by atoms with van der Waals surface area (Å²) >= 11 is 0. The molecule has 80 valence electrons. The zero-order valence-electron chi connectivity index (χ0n) is 9.55. The summed E-state index contributed by atoms with van der Waals surface area (Å²) in [6.07, 6.45) is 10.3. The molecule has 1 nitrogen and oxygen atoms in total. The van der Waals surface area contributed by atoms with Gasteiger partial charge >= 0.3 is 0 Å². The second kappa shape index (κ2) is 3.69. The quantitative estimate of drug-likeness (QED) is 0.684. The Balaban J connectivity index is 1.97. The van der Waals surface area contributed by atoms with Crippen molar-refractivity contribution in [3.05, 3.63) is 11.6 Å². The van der Waals surface area contributed by atoms with Crippen molar-refractivity contribution in [3.63, 3.8) is 0 Å². The molecule has 2 atom stereocenters. The molecule has 0 saturated heterocycles. The minimum absolute atomic E-state index is 0.516. The molecule has 0 aliphatic heterocycles. The first-order valence-electron chi connectivity index (χ1n) is 6.16. The van der Waals surface area contributed by atoms with Gasteiger partial charge in [-0.2, -0.15) is 0 Å². The summed E-state index contributed by atoms with van der Waals surface area (Å²) in [5, 5.41) is 0. The lowest BCUT2D eigenvalue weighted by Crippen LogP contribution is -2.18. The normalized spacial score (nSPS) is 36.3. The topological polar surface area (TPSA) is 26.0 Å². The molecule has 0 aromatic heterocycles. The van der Waals surface area contributed by atoms with Crippen LogP contribution in [0.2, 0.25) is 0 Å². The highest BCUT2D eigenvalue weighted by Crippen LogP contribution is 2.55. The van der Waals surface area contributed by atoms with Crippen LogP contribution in [0.4, 0.5) is 0 Å². The molecule has 2 rings (SSSR count). The van der Waals surface area contributed by atoms with Crippen LogP contribution in [-0.2, 0) is 0 Å². The fraction of sp³-hybridized carbons (Fsp3) is 0.846. The molecular formula is C13H23N. The summed E-state index contributed by atoms with van der Waals surface area (Å²) in [7, 11) is 0. The maximum atomic E-state index is 5.99. The van der Waals surface area contributed by atoms with E-state index >= 15 is 0 Å². The molecule has 1 heteroatoms. The van der Waals surface area contributed by atoms with Gasteiger partial charge in [-0.05, 0) is 49.9 Å². The van der Waals surface area contributed by atoms with Crippen LogP contribution in [0.15, 0.2) is 11.6 Å². The molecule has 2 N–H and O–H groups in total. The molecule has 1 fully saturated rings. The first kappa shape index (κ1) is 10.2. The van der Waals surface area contributed by atoms with Crippen LogP contribution < -0.4 is 5.73 Å². The fourth-order valence-electron chi connectivity index (χ4n) is 3.02. The van der Waals surface area contributed by atoms with Crippen molar-refractivity contribution < 1.29 is 0 Å². The van der Waals surface area contributed by atoms with E-state index in [-0.39, 0.29) is 0 Å². The van der Waals surface area contributed by atoms with Gasteiger partial charge in [0.05, 0.1) is 0 Å². The van der Waals surface area contributed by atoms with E-state index < -0.39 is 0 Å². The van der Waals surface area contributed by atoms with E-state index in [0.29, 0.717) is 11.5 Å². The molecule has 0 heterocycles. The Labute approximate surface area is 87.8 Å². The molecule has 0 aromatic carbocycles. The first-order chi connectivity index (χ1) is 6.72. The third-order valence-corrected chi connectivity index (χ3v) is 4.45. The van der Waals surface area contributed by atoms with Crippen LogP contribution >= 0.6 is 0 Å². The van der Waals surface area contributed by atoms with E-state index in [9.17, 15) is 0 Å². The van der Waals surface area contributed by atoms with Gasteiger partial charge in [-0.1, -0.05) is 25.5 Å². The van der Waals surface area contributed by atoms with Crippen LogP contribution in [0.1, 0.15) is 52.4 Å². The van der Waals surface area contributed by atoms with Crippen molar-refractivity contribution >= 4 is 0 Å². The number of hydrogen-bond donors (Lipinski definition) is 1. The highest BCUT2D eigenvalue weighted by molar-refractivity contribution is 5.20. The Morgan fingerprint density at radius 2 is 2.14 bits per heavy atom. The Bertz CT molecular complexity index is 240. The van der Waals surface area contributed by atoms with Crippen molar-refractivity contribution in [2.24, 2.45) is 17.1 Å². The first-order valence-corrected chi connectivity index (χ1v) is 6.16. The minimum Gasteiger partial charge on any atom is -0.327 e. The van der Waals surface area contributed by atoms with Gasteiger partial charge in [-0.3, -0.25) is 0 Å². The number of allylic oxidation sites excluding steroid dienone is 2. The second-order valence-corrected chi connectivity index (χ2v) is 5.17. The average molecular weight is 193 g/mol. The van der Waals surface area contributed by atoms with E-state index in [1.54, 1.807) is 5.57 Å². The Kier molecular flexibility index (Phi) is 2.70. The smallest absolute Gasteiger partial charge is 0.0105 e. The third-order valence-electron chi connectivity index (χ3n) is 4.45. The predicted octanol–water partition coefficient (Wildman–Crippen LogP) is 3.25. The van der Waals surface area contributed by atoms with Gasteiger partial charge in [-0.25, -0.2) is 0 Å². The summed E-state index contributed by atoms with van der Waals surface area (Å²) in [6.45, 7) is 4.62. The SMILES string of the molecule is CCC(CC)C1=CCC2(CC1)CC2N. The van der Waals surface area contributed by atoms with Gasteiger partial charge < -0.3 is 5.73 Å². The van der Waals surface area contributed by atoms with E-state index in [1.165, 1.54) is 38.5 Å². The van der Waals surface area contributed by atoms with Crippen molar-refractivity contribution in [1.29, 1.82) is 0 Å². The Morgan fingerprint density at radius 3 is 2.50 bits per heavy atom. The summed E-state index contributed by atoms with van der Waals surface area (Å²) in [5.74, 6) is 0.849. The molecule has 0 bridgehead atoms. The fourth-order valence-corrected chi connectivity index (χ4v) is 3.02. The van der Waals surface area contributed by atoms with Gasteiger partial charge in [0.25, 0.3) is 0 Å². The zero-order chi connectivity index (χ0) is 10.2. The minimum atomic E-state index is 0.516. The van der Waals surface area contributed by atoms with Crippen molar-refractivity contribution in [2.75, 3.05) is 0 Å². The van der Waals surface area contributed by atoms with Crippen molar-refractivity contribution in [3.8, 4) is 0 Å². The Morgan fingerprint density at radius 1 is 1.50 bits per heavy atom. The van der Waals surface area contributed by atoms with Gasteiger partial charge in [0, 0.05) is 6.04 Å². The second-order valence-electron chi connectivity index (χ2n) is 5.17. The standard InChI is InChI=1S/C13H23N/c1-3-10(4-2)11-5-7-13(8-6-11)9-12(13)14/h5,10,12H,3-4,6-9,14H2,1-2H3. The summed E-state index contributed by atoms with van der Waals surface area (Å²) in [5.41, 5.74) is 8.26. The number of hydrogen-bond acceptors (Lipinski definition) is 1. The molecule has 1 spiro atoms. The molecule has 0 aromatic rings. The van der Waals surface area contributed by atoms with Crippen LogP contribution in [-0.4, -0.2) is 6.04 Å². The molecule has 14 heavy (non-hydrogen) atoms. The largest absolute Gasteiger partial charge is 0.327 e. The average Bonchev–Trinajstić information content (AvgIpc) is 2.82. The number of nitrogens with two attached hydrogens (primary N) is 1. The van der Waals surface area contributed by atoms with E-state index in [1.807, 2.05) is 0 Å². The van der Waals surface area contributed by atoms with Crippen LogP contribution in [0.5, 0.6) is 0 Å². The van der Waals surface area contributed by atoms with E-state index in [4.69, 9.17) is 5.73 Å². The predicted molar refractivity (Wildman–Crippen MR) is 61.0 cm³/mol. The monoisotopic (exact) mass is 193 g/mol. The van der Waals surface area contributed by atoms with Gasteiger partial charge in [0.1, 0.15) is 0 Å². The number of rotatable bonds is 3. The van der Waals surface area contributed by atoms with Crippen molar-refractivity contribution in [1.82, 2.24) is 0 Å². The van der Waals surface area contributed by atoms with Crippen LogP contribution in [0, 0.1) is 11.3 Å². The molecule has 0 radical (unpaired) electrons. The lowest BCUT2D eigenvalue weighted by Gasteiger charge is -2.26. The van der Waals surface area contributed by atoms with E-state index in [2.05, 4.69) is 19.9 Å². The Hall–Kier alpha value is -0.300. The lowest BCUT2D eigenvalue weighted by molar-refractivity contribution is 0.404. The summed E-state index contributed by atoms with van der Waals surface area (Å²) in [6, 6.07) is 0.516. The zero-order valence-corrected chi connectivity index (χ0v) is 9.55.